The summed E-state index contributed by atoms with van der Waals surface area (Å²) in [6, 6.07) is 11.2. The summed E-state index contributed by atoms with van der Waals surface area (Å²) < 4.78 is 21.8. The molecule has 2 fully saturated rings. The molecule has 1 amide bonds. The zero-order chi connectivity index (χ0) is 27.1. The lowest BCUT2D eigenvalue weighted by molar-refractivity contribution is -0.140. The second-order valence-electron chi connectivity index (χ2n) is 9.04. The first-order valence-corrected chi connectivity index (χ1v) is 12.6. The molecule has 202 valence electrons. The van der Waals surface area contributed by atoms with Gasteiger partial charge in [-0.05, 0) is 48.4 Å². The predicted molar refractivity (Wildman–Crippen MR) is 143 cm³/mol. The van der Waals surface area contributed by atoms with Crippen LogP contribution in [0.5, 0.6) is 17.2 Å². The van der Waals surface area contributed by atoms with Gasteiger partial charge in [-0.1, -0.05) is 18.7 Å². The number of nitrogens with zero attached hydrogens (tertiary/aromatic N) is 2. The van der Waals surface area contributed by atoms with Crippen LogP contribution in [0.4, 0.5) is 0 Å². The van der Waals surface area contributed by atoms with Crippen molar-refractivity contribution in [3.05, 3.63) is 71.8 Å². The summed E-state index contributed by atoms with van der Waals surface area (Å²) in [6.07, 6.45) is 2.31. The maximum Gasteiger partial charge on any atom is 0.295 e. The second kappa shape index (κ2) is 12.6. The van der Waals surface area contributed by atoms with Crippen LogP contribution in [0.15, 0.2) is 60.7 Å². The highest BCUT2D eigenvalue weighted by atomic mass is 16.5. The van der Waals surface area contributed by atoms with Gasteiger partial charge in [-0.2, -0.15) is 0 Å². The van der Waals surface area contributed by atoms with Crippen molar-refractivity contribution in [3.8, 4) is 17.2 Å². The molecule has 2 heterocycles. The first kappa shape index (κ1) is 27.2. The number of ketones is 1. The predicted octanol–water partition coefficient (Wildman–Crippen LogP) is 3.41. The Hall–Kier alpha value is -3.82. The summed E-state index contributed by atoms with van der Waals surface area (Å²) in [4.78, 5) is 30.4. The van der Waals surface area contributed by atoms with Crippen LogP contribution in [0, 0.1) is 0 Å². The molecule has 1 N–H and O–H groups in total. The smallest absolute Gasteiger partial charge is 0.295 e. The number of Topliss-reactive ketones (excluding diaryl/α,β-unsaturated/α-hetero) is 1. The highest BCUT2D eigenvalue weighted by molar-refractivity contribution is 6.46. The largest absolute Gasteiger partial charge is 0.507 e. The molecule has 9 nitrogen and oxygen atoms in total. The molecule has 4 rings (SSSR count). The SMILES string of the molecule is C=CCOc1ccc(C(O)=C2C(=O)C(=O)N(CCCN3CCOCC3)[C@@H]2c2ccc(OC)c(OC)c2)cc1. The van der Waals surface area contributed by atoms with Gasteiger partial charge in [0.2, 0.25) is 0 Å². The number of likely N-dealkylation sites (tertiary alicyclic amines) is 1. The molecule has 38 heavy (non-hydrogen) atoms. The average Bonchev–Trinajstić information content (AvgIpc) is 3.21. The lowest BCUT2D eigenvalue weighted by Gasteiger charge is -2.29. The van der Waals surface area contributed by atoms with Gasteiger partial charge in [-0.15, -0.1) is 0 Å². The number of hydrogen-bond donors (Lipinski definition) is 1. The molecule has 9 heteroatoms. The number of hydrogen-bond acceptors (Lipinski definition) is 8. The number of benzene rings is 2. The third-order valence-corrected chi connectivity index (χ3v) is 6.74. The Balaban J connectivity index is 1.69. The summed E-state index contributed by atoms with van der Waals surface area (Å²) in [5.74, 6) is -0.0151. The molecule has 1 atom stereocenters. The summed E-state index contributed by atoms with van der Waals surface area (Å²) in [5.41, 5.74) is 1.09. The number of amides is 1. The van der Waals surface area contributed by atoms with Crippen LogP contribution < -0.4 is 14.2 Å². The Kier molecular flexibility index (Phi) is 9.04. The van der Waals surface area contributed by atoms with Crippen molar-refractivity contribution in [1.29, 1.82) is 0 Å². The average molecular weight is 523 g/mol. The van der Waals surface area contributed by atoms with Crippen molar-refractivity contribution < 1.29 is 33.6 Å². The first-order valence-electron chi connectivity index (χ1n) is 12.6. The van der Waals surface area contributed by atoms with Crippen LogP contribution >= 0.6 is 0 Å². The quantitative estimate of drug-likeness (QED) is 0.208. The minimum absolute atomic E-state index is 0.0355. The van der Waals surface area contributed by atoms with E-state index >= 15 is 0 Å². The van der Waals surface area contributed by atoms with E-state index in [9.17, 15) is 14.7 Å². The fraction of sp³-hybridized carbons (Fsp3) is 0.379. The minimum atomic E-state index is -0.781. The zero-order valence-corrected chi connectivity index (χ0v) is 21.9. The zero-order valence-electron chi connectivity index (χ0n) is 21.9. The van der Waals surface area contributed by atoms with Gasteiger partial charge in [0.15, 0.2) is 11.5 Å². The van der Waals surface area contributed by atoms with Crippen LogP contribution in [-0.2, 0) is 14.3 Å². The summed E-state index contributed by atoms with van der Waals surface area (Å²) in [6.45, 7) is 8.16. The van der Waals surface area contributed by atoms with Crippen molar-refractivity contribution in [3.63, 3.8) is 0 Å². The second-order valence-corrected chi connectivity index (χ2v) is 9.04. The van der Waals surface area contributed by atoms with Crippen LogP contribution in [0.3, 0.4) is 0 Å². The standard InChI is InChI=1S/C29H34N2O7/c1-4-16-38-22-9-6-20(7-10-22)27(32)25-26(21-8-11-23(35-2)24(19-21)36-3)31(29(34)28(25)33)13-5-12-30-14-17-37-18-15-30/h4,6-11,19,26,32H,1,5,12-18H2,2-3H3/t26-/m1/s1. The van der Waals surface area contributed by atoms with Gasteiger partial charge >= 0.3 is 0 Å². The van der Waals surface area contributed by atoms with Crippen LogP contribution in [0.1, 0.15) is 23.6 Å². The minimum Gasteiger partial charge on any atom is -0.507 e. The Morgan fingerprint density at radius 2 is 1.76 bits per heavy atom. The van der Waals surface area contributed by atoms with Crippen molar-refractivity contribution in [2.75, 3.05) is 60.2 Å². The molecular formula is C29H34N2O7. The molecule has 0 aromatic heterocycles. The molecule has 0 radical (unpaired) electrons. The highest BCUT2D eigenvalue weighted by Gasteiger charge is 2.46. The number of aliphatic hydroxyl groups excluding tert-OH is 1. The molecular weight excluding hydrogens is 488 g/mol. The topological polar surface area (TPSA) is 97.8 Å². The summed E-state index contributed by atoms with van der Waals surface area (Å²) in [7, 11) is 3.06. The first-order chi connectivity index (χ1) is 18.5. The van der Waals surface area contributed by atoms with Gasteiger partial charge in [0.25, 0.3) is 11.7 Å². The van der Waals surface area contributed by atoms with Crippen molar-refractivity contribution >= 4 is 17.4 Å². The maximum atomic E-state index is 13.3. The Morgan fingerprint density at radius 3 is 2.42 bits per heavy atom. The molecule has 0 spiro atoms. The van der Waals surface area contributed by atoms with E-state index < -0.39 is 17.7 Å². The van der Waals surface area contributed by atoms with Crippen molar-refractivity contribution in [2.45, 2.75) is 12.5 Å². The fourth-order valence-electron chi connectivity index (χ4n) is 4.79. The molecule has 0 unspecified atom stereocenters. The number of aliphatic hydroxyl groups is 1. The molecule has 2 aliphatic heterocycles. The van der Waals surface area contributed by atoms with Gasteiger partial charge in [-0.25, -0.2) is 0 Å². The van der Waals surface area contributed by atoms with Crippen molar-refractivity contribution in [2.24, 2.45) is 0 Å². The Labute approximate surface area is 222 Å². The highest BCUT2D eigenvalue weighted by Crippen LogP contribution is 2.42. The van der Waals surface area contributed by atoms with Crippen LogP contribution in [-0.4, -0.2) is 86.8 Å². The van der Waals surface area contributed by atoms with Gasteiger partial charge in [0.05, 0.1) is 39.0 Å². The maximum absolute atomic E-state index is 13.3. The van der Waals surface area contributed by atoms with Crippen LogP contribution in [0.25, 0.3) is 5.76 Å². The van der Waals surface area contributed by atoms with E-state index in [0.29, 0.717) is 61.2 Å². The number of morpholine rings is 1. The lowest BCUT2D eigenvalue weighted by Crippen LogP contribution is -2.38. The molecule has 2 aromatic carbocycles. The van der Waals surface area contributed by atoms with Crippen molar-refractivity contribution in [1.82, 2.24) is 9.80 Å². The molecule has 0 saturated carbocycles. The molecule has 2 aromatic rings. The third kappa shape index (κ3) is 5.84. The van der Waals surface area contributed by atoms with E-state index in [1.165, 1.54) is 19.1 Å². The third-order valence-electron chi connectivity index (χ3n) is 6.74. The van der Waals surface area contributed by atoms with E-state index in [1.54, 1.807) is 48.5 Å². The van der Waals surface area contributed by atoms with E-state index in [4.69, 9.17) is 18.9 Å². The summed E-state index contributed by atoms with van der Waals surface area (Å²) >= 11 is 0. The number of carbonyl (C=O) groups is 2. The molecule has 2 saturated heterocycles. The Bertz CT molecular complexity index is 1190. The van der Waals surface area contributed by atoms with Gasteiger partial charge in [0.1, 0.15) is 18.1 Å². The van der Waals surface area contributed by atoms with Gasteiger partial charge in [-0.3, -0.25) is 14.5 Å². The van der Waals surface area contributed by atoms with Gasteiger partial charge < -0.3 is 29.0 Å². The number of ether oxygens (including phenoxy) is 4. The van der Waals surface area contributed by atoms with Gasteiger partial charge in [0, 0.05) is 31.7 Å². The monoisotopic (exact) mass is 522 g/mol. The number of carbonyl (C=O) groups excluding carboxylic acids is 2. The van der Waals surface area contributed by atoms with E-state index in [1.807, 2.05) is 0 Å². The molecule has 2 aliphatic rings. The van der Waals surface area contributed by atoms with E-state index in [-0.39, 0.29) is 11.3 Å². The lowest BCUT2D eigenvalue weighted by atomic mass is 9.95. The molecule has 0 bridgehead atoms. The van der Waals surface area contributed by atoms with E-state index in [2.05, 4.69) is 11.5 Å². The number of rotatable bonds is 11. The Morgan fingerprint density at radius 1 is 1.05 bits per heavy atom. The normalized spacial score (nSPS) is 19.4. The van der Waals surface area contributed by atoms with Crippen LogP contribution in [0.2, 0.25) is 0 Å². The fourth-order valence-corrected chi connectivity index (χ4v) is 4.79. The van der Waals surface area contributed by atoms with E-state index in [0.717, 1.165) is 19.6 Å². The molecule has 0 aliphatic carbocycles. The number of methoxy groups -OCH3 is 2. The summed E-state index contributed by atoms with van der Waals surface area (Å²) in [5, 5.41) is 11.3.